The monoisotopic (exact) mass is 337 g/mol. The van der Waals surface area contributed by atoms with Crippen LogP contribution in [0.4, 0.5) is 9.59 Å². The topological polar surface area (TPSA) is 81.7 Å². The predicted molar refractivity (Wildman–Crippen MR) is 86.5 cm³/mol. The summed E-state index contributed by atoms with van der Waals surface area (Å²) >= 11 is 5.82. The number of carbonyl (C=O) groups excluding carboxylic acids is 1. The molecule has 124 valence electrons. The van der Waals surface area contributed by atoms with Crippen molar-refractivity contribution in [1.29, 1.82) is 0 Å². The van der Waals surface area contributed by atoms with Crippen LogP contribution < -0.4 is 10.6 Å². The van der Waals surface area contributed by atoms with Crippen molar-refractivity contribution >= 4 is 23.7 Å². The number of rotatable bonds is 3. The van der Waals surface area contributed by atoms with Crippen LogP contribution in [-0.2, 0) is 6.54 Å². The van der Waals surface area contributed by atoms with Crippen molar-refractivity contribution in [2.75, 3.05) is 13.1 Å². The molecular formula is C16H20ClN3O3. The molecule has 3 amide bonds. The molecule has 0 radical (unpaired) electrons. The summed E-state index contributed by atoms with van der Waals surface area (Å²) in [6.45, 7) is 1.64. The minimum absolute atomic E-state index is 0.0759. The Kier molecular flexibility index (Phi) is 4.35. The van der Waals surface area contributed by atoms with Gasteiger partial charge in [-0.2, -0.15) is 0 Å². The van der Waals surface area contributed by atoms with Gasteiger partial charge in [0.15, 0.2) is 0 Å². The van der Waals surface area contributed by atoms with Crippen molar-refractivity contribution < 1.29 is 14.7 Å². The molecule has 2 aliphatic rings. The van der Waals surface area contributed by atoms with Gasteiger partial charge in [0.2, 0.25) is 0 Å². The Labute approximate surface area is 139 Å². The first-order chi connectivity index (χ1) is 11.0. The highest BCUT2D eigenvalue weighted by Gasteiger charge is 2.49. The van der Waals surface area contributed by atoms with Gasteiger partial charge in [0.1, 0.15) is 0 Å². The fraction of sp³-hybridized carbons (Fsp3) is 0.500. The van der Waals surface area contributed by atoms with Crippen LogP contribution in [0.3, 0.4) is 0 Å². The van der Waals surface area contributed by atoms with Gasteiger partial charge in [0.05, 0.1) is 0 Å². The van der Waals surface area contributed by atoms with Crippen molar-refractivity contribution in [3.8, 4) is 0 Å². The Morgan fingerprint density at radius 1 is 1.30 bits per heavy atom. The van der Waals surface area contributed by atoms with E-state index in [1.54, 1.807) is 12.1 Å². The number of hydrogen-bond acceptors (Lipinski definition) is 2. The van der Waals surface area contributed by atoms with E-state index in [4.69, 9.17) is 16.7 Å². The molecule has 1 saturated heterocycles. The fourth-order valence-electron chi connectivity index (χ4n) is 3.54. The number of nitrogens with one attached hydrogen (secondary N) is 2. The molecule has 1 aliphatic heterocycles. The normalized spacial score (nSPS) is 26.0. The third-order valence-corrected chi connectivity index (χ3v) is 5.02. The van der Waals surface area contributed by atoms with Gasteiger partial charge in [-0.05, 0) is 42.4 Å². The van der Waals surface area contributed by atoms with Crippen molar-refractivity contribution in [1.82, 2.24) is 15.5 Å². The molecule has 3 rings (SSSR count). The van der Waals surface area contributed by atoms with E-state index in [9.17, 15) is 9.59 Å². The SMILES string of the molecule is O=C(NCc1ccc(Cl)cc1)N[C@H]1C[C@]2(CCN(C(=O)O)C2)C1. The van der Waals surface area contributed by atoms with Crippen molar-refractivity contribution in [2.45, 2.75) is 31.8 Å². The Morgan fingerprint density at radius 2 is 2.00 bits per heavy atom. The number of carbonyl (C=O) groups is 2. The summed E-state index contributed by atoms with van der Waals surface area (Å²) in [4.78, 5) is 24.3. The molecule has 0 aromatic heterocycles. The van der Waals surface area contributed by atoms with Crippen LogP contribution in [0.25, 0.3) is 0 Å². The van der Waals surface area contributed by atoms with E-state index in [1.165, 1.54) is 4.90 Å². The summed E-state index contributed by atoms with van der Waals surface area (Å²) in [6, 6.07) is 7.28. The minimum Gasteiger partial charge on any atom is -0.465 e. The molecule has 7 heteroatoms. The molecule has 1 aromatic carbocycles. The summed E-state index contributed by atoms with van der Waals surface area (Å²) in [5.74, 6) is 0. The third-order valence-electron chi connectivity index (χ3n) is 4.77. The first-order valence-corrected chi connectivity index (χ1v) is 8.10. The quantitative estimate of drug-likeness (QED) is 0.793. The number of benzene rings is 1. The first-order valence-electron chi connectivity index (χ1n) is 7.72. The van der Waals surface area contributed by atoms with E-state index in [0.717, 1.165) is 24.8 Å². The zero-order valence-corrected chi connectivity index (χ0v) is 13.5. The van der Waals surface area contributed by atoms with Gasteiger partial charge in [-0.3, -0.25) is 0 Å². The molecule has 1 aliphatic carbocycles. The number of hydrogen-bond donors (Lipinski definition) is 3. The molecule has 1 heterocycles. The Bertz CT molecular complexity index is 599. The van der Waals surface area contributed by atoms with Gasteiger partial charge in [-0.15, -0.1) is 0 Å². The largest absolute Gasteiger partial charge is 0.465 e. The summed E-state index contributed by atoms with van der Waals surface area (Å²) < 4.78 is 0. The molecule has 3 N–H and O–H groups in total. The highest BCUT2D eigenvalue weighted by atomic mass is 35.5. The predicted octanol–water partition coefficient (Wildman–Crippen LogP) is 2.67. The molecule has 23 heavy (non-hydrogen) atoms. The zero-order valence-electron chi connectivity index (χ0n) is 12.7. The lowest BCUT2D eigenvalue weighted by Gasteiger charge is -2.45. The standard InChI is InChI=1S/C16H20ClN3O3/c17-12-3-1-11(2-4-12)9-18-14(21)19-13-7-16(8-13)5-6-20(10-16)15(22)23/h1-4,13H,5-10H2,(H,22,23)(H2,18,19,21)/t13-,16+. The average Bonchev–Trinajstić information content (AvgIpc) is 2.92. The molecule has 6 nitrogen and oxygen atoms in total. The average molecular weight is 338 g/mol. The summed E-state index contributed by atoms with van der Waals surface area (Å²) in [5.41, 5.74) is 1.06. The van der Waals surface area contributed by atoms with Gasteiger partial charge in [-0.1, -0.05) is 23.7 Å². The highest BCUT2D eigenvalue weighted by Crippen LogP contribution is 2.48. The fourth-order valence-corrected chi connectivity index (χ4v) is 3.67. The number of amides is 3. The lowest BCUT2D eigenvalue weighted by atomic mass is 9.65. The minimum atomic E-state index is -0.848. The van der Waals surface area contributed by atoms with Gasteiger partial charge >= 0.3 is 12.1 Å². The van der Waals surface area contributed by atoms with Crippen LogP contribution in [0.1, 0.15) is 24.8 Å². The van der Waals surface area contributed by atoms with E-state index < -0.39 is 6.09 Å². The van der Waals surface area contributed by atoms with Crippen LogP contribution in [0.5, 0.6) is 0 Å². The summed E-state index contributed by atoms with van der Waals surface area (Å²) in [6.07, 6.45) is 1.75. The second-order valence-electron chi connectivity index (χ2n) is 6.51. The van der Waals surface area contributed by atoms with Gasteiger partial charge in [-0.25, -0.2) is 9.59 Å². The maximum atomic E-state index is 11.9. The van der Waals surface area contributed by atoms with Gasteiger partial charge in [0, 0.05) is 30.7 Å². The Morgan fingerprint density at radius 3 is 2.61 bits per heavy atom. The lowest BCUT2D eigenvalue weighted by molar-refractivity contribution is 0.0899. The molecule has 0 bridgehead atoms. The maximum absolute atomic E-state index is 11.9. The molecule has 0 atom stereocenters. The highest BCUT2D eigenvalue weighted by molar-refractivity contribution is 6.30. The second-order valence-corrected chi connectivity index (χ2v) is 6.95. The zero-order chi connectivity index (χ0) is 16.4. The number of urea groups is 1. The maximum Gasteiger partial charge on any atom is 0.407 e. The Balaban J connectivity index is 1.39. The smallest absolute Gasteiger partial charge is 0.407 e. The van der Waals surface area contributed by atoms with E-state index in [2.05, 4.69) is 10.6 Å². The van der Waals surface area contributed by atoms with Crippen molar-refractivity contribution in [3.63, 3.8) is 0 Å². The molecular weight excluding hydrogens is 318 g/mol. The number of carboxylic acid groups (broad SMARTS) is 1. The van der Waals surface area contributed by atoms with Crippen LogP contribution in [0, 0.1) is 5.41 Å². The van der Waals surface area contributed by atoms with E-state index in [-0.39, 0.29) is 17.5 Å². The van der Waals surface area contributed by atoms with E-state index in [0.29, 0.717) is 24.7 Å². The molecule has 1 spiro atoms. The summed E-state index contributed by atoms with van der Waals surface area (Å²) in [5, 5.41) is 15.5. The van der Waals surface area contributed by atoms with Crippen LogP contribution >= 0.6 is 11.6 Å². The summed E-state index contributed by atoms with van der Waals surface area (Å²) in [7, 11) is 0. The first kappa shape index (κ1) is 15.9. The van der Waals surface area contributed by atoms with Gasteiger partial charge in [0.25, 0.3) is 0 Å². The molecule has 1 aromatic rings. The lowest BCUT2D eigenvalue weighted by Crippen LogP contribution is -2.54. The van der Waals surface area contributed by atoms with Crippen LogP contribution in [-0.4, -0.2) is 41.3 Å². The molecule has 2 fully saturated rings. The molecule has 1 saturated carbocycles. The Hall–Kier alpha value is -1.95. The number of likely N-dealkylation sites (tertiary alicyclic amines) is 1. The molecule has 0 unspecified atom stereocenters. The third kappa shape index (κ3) is 3.69. The van der Waals surface area contributed by atoms with E-state index >= 15 is 0 Å². The van der Waals surface area contributed by atoms with E-state index in [1.807, 2.05) is 12.1 Å². The van der Waals surface area contributed by atoms with Crippen molar-refractivity contribution in [3.05, 3.63) is 34.9 Å². The van der Waals surface area contributed by atoms with Gasteiger partial charge < -0.3 is 20.6 Å². The number of halogens is 1. The number of nitrogens with zero attached hydrogens (tertiary/aromatic N) is 1. The second kappa shape index (κ2) is 6.28. The van der Waals surface area contributed by atoms with Crippen LogP contribution in [0.15, 0.2) is 24.3 Å². The van der Waals surface area contributed by atoms with Crippen LogP contribution in [0.2, 0.25) is 5.02 Å². The van der Waals surface area contributed by atoms with Crippen molar-refractivity contribution in [2.24, 2.45) is 5.41 Å².